The van der Waals surface area contributed by atoms with Crippen LogP contribution >= 0.6 is 0 Å². The Morgan fingerprint density at radius 2 is 0.724 bits per heavy atom. The standard InChI is InChI=1S/C51H43BN4O2/c1-50(2)51(3,4)58-52(57-50)46-34-33-44(35-45(46)49-54-47(40-21-13-7-14-22-40)53-48(55-49)41-23-15-8-16-24-41)56(42-29-25-38(26-30-42)36-17-9-5-10-18-36)43-31-27-39(28-32-43)37-19-11-6-12-20-37/h5-35H,1-4H3. The Labute approximate surface area is 341 Å². The molecule has 282 valence electrons. The molecule has 6 nitrogen and oxygen atoms in total. The monoisotopic (exact) mass is 754 g/mol. The van der Waals surface area contributed by atoms with Crippen molar-refractivity contribution in [2.75, 3.05) is 4.90 Å². The summed E-state index contributed by atoms with van der Waals surface area (Å²) in [6.07, 6.45) is 0. The summed E-state index contributed by atoms with van der Waals surface area (Å²) in [4.78, 5) is 17.7. The highest BCUT2D eigenvalue weighted by Crippen LogP contribution is 2.41. The maximum atomic E-state index is 6.72. The van der Waals surface area contributed by atoms with E-state index in [0.29, 0.717) is 17.5 Å². The summed E-state index contributed by atoms with van der Waals surface area (Å²) in [6.45, 7) is 8.30. The first kappa shape index (κ1) is 36.9. The Balaban J connectivity index is 1.24. The van der Waals surface area contributed by atoms with Crippen molar-refractivity contribution >= 4 is 29.6 Å². The third-order valence-corrected chi connectivity index (χ3v) is 11.2. The normalized spacial score (nSPS) is 14.3. The summed E-state index contributed by atoms with van der Waals surface area (Å²) >= 11 is 0. The Morgan fingerprint density at radius 1 is 0.379 bits per heavy atom. The van der Waals surface area contributed by atoms with Crippen molar-refractivity contribution in [2.45, 2.75) is 38.9 Å². The van der Waals surface area contributed by atoms with Crippen molar-refractivity contribution < 1.29 is 9.31 Å². The topological polar surface area (TPSA) is 60.4 Å². The van der Waals surface area contributed by atoms with Gasteiger partial charge >= 0.3 is 7.12 Å². The molecule has 1 saturated heterocycles. The Bertz CT molecular complexity index is 2500. The van der Waals surface area contributed by atoms with Crippen molar-refractivity contribution in [3.8, 4) is 56.4 Å². The van der Waals surface area contributed by atoms with Gasteiger partial charge in [-0.15, -0.1) is 0 Å². The highest BCUT2D eigenvalue weighted by atomic mass is 16.7. The van der Waals surface area contributed by atoms with Crippen LogP contribution in [0.25, 0.3) is 56.4 Å². The smallest absolute Gasteiger partial charge is 0.399 e. The number of nitrogens with zero attached hydrogens (tertiary/aromatic N) is 4. The number of hydrogen-bond donors (Lipinski definition) is 0. The van der Waals surface area contributed by atoms with Gasteiger partial charge in [-0.3, -0.25) is 0 Å². The number of anilines is 3. The maximum Gasteiger partial charge on any atom is 0.495 e. The molecule has 7 aromatic carbocycles. The van der Waals surface area contributed by atoms with Gasteiger partial charge in [0.2, 0.25) is 0 Å². The third-order valence-electron chi connectivity index (χ3n) is 11.2. The Hall–Kier alpha value is -6.67. The second-order valence-corrected chi connectivity index (χ2v) is 15.6. The lowest BCUT2D eigenvalue weighted by Crippen LogP contribution is -2.41. The maximum absolute atomic E-state index is 6.72. The summed E-state index contributed by atoms with van der Waals surface area (Å²) in [7, 11) is -0.657. The molecule has 0 unspecified atom stereocenters. The van der Waals surface area contributed by atoms with E-state index in [1.165, 1.54) is 11.1 Å². The lowest BCUT2D eigenvalue weighted by atomic mass is 9.75. The summed E-state index contributed by atoms with van der Waals surface area (Å²) in [5.41, 5.74) is 9.89. The van der Waals surface area contributed by atoms with E-state index in [-0.39, 0.29) is 0 Å². The predicted octanol–water partition coefficient (Wildman–Crippen LogP) is 12.0. The van der Waals surface area contributed by atoms with Crippen molar-refractivity contribution in [1.29, 1.82) is 0 Å². The van der Waals surface area contributed by atoms with Gasteiger partial charge in [0.05, 0.1) is 11.2 Å². The fraction of sp³-hybridized carbons (Fsp3) is 0.118. The molecule has 0 atom stereocenters. The average Bonchev–Trinajstić information content (AvgIpc) is 3.50. The first-order valence-corrected chi connectivity index (χ1v) is 19.7. The van der Waals surface area contributed by atoms with Crippen LogP contribution in [-0.2, 0) is 9.31 Å². The molecular weight excluding hydrogens is 711 g/mol. The molecule has 58 heavy (non-hydrogen) atoms. The molecule has 0 amide bonds. The molecule has 1 aliphatic heterocycles. The van der Waals surface area contributed by atoms with Crippen LogP contribution in [0.2, 0.25) is 0 Å². The van der Waals surface area contributed by atoms with Crippen molar-refractivity contribution in [1.82, 2.24) is 15.0 Å². The molecule has 0 bridgehead atoms. The number of rotatable bonds is 9. The van der Waals surface area contributed by atoms with Crippen LogP contribution in [-0.4, -0.2) is 33.3 Å². The first-order valence-electron chi connectivity index (χ1n) is 19.7. The Kier molecular flexibility index (Phi) is 9.78. The van der Waals surface area contributed by atoms with E-state index in [0.717, 1.165) is 50.3 Å². The minimum atomic E-state index is -0.657. The lowest BCUT2D eigenvalue weighted by molar-refractivity contribution is 0.00578. The fourth-order valence-corrected chi connectivity index (χ4v) is 7.30. The van der Waals surface area contributed by atoms with E-state index in [2.05, 4.69) is 148 Å². The molecule has 0 N–H and O–H groups in total. The molecule has 0 spiro atoms. The van der Waals surface area contributed by atoms with Crippen LogP contribution in [0.4, 0.5) is 17.1 Å². The van der Waals surface area contributed by atoms with Gasteiger partial charge in [-0.2, -0.15) is 0 Å². The molecule has 1 fully saturated rings. The van der Waals surface area contributed by atoms with Gasteiger partial charge in [-0.05, 0) is 91.8 Å². The van der Waals surface area contributed by atoms with E-state index in [9.17, 15) is 0 Å². The van der Waals surface area contributed by atoms with Crippen LogP contribution in [0.3, 0.4) is 0 Å². The molecule has 9 rings (SSSR count). The fourth-order valence-electron chi connectivity index (χ4n) is 7.30. The van der Waals surface area contributed by atoms with Crippen LogP contribution < -0.4 is 10.4 Å². The summed E-state index contributed by atoms with van der Waals surface area (Å²) < 4.78 is 13.4. The summed E-state index contributed by atoms with van der Waals surface area (Å²) in [6, 6.07) is 64.9. The highest BCUT2D eigenvalue weighted by molar-refractivity contribution is 6.63. The number of hydrogen-bond acceptors (Lipinski definition) is 6. The van der Waals surface area contributed by atoms with E-state index in [1.807, 2.05) is 72.8 Å². The molecule has 8 aromatic rings. The number of aromatic nitrogens is 3. The molecule has 1 aliphatic rings. The lowest BCUT2D eigenvalue weighted by Gasteiger charge is -2.32. The SMILES string of the molecule is CC1(C)OB(c2ccc(N(c3ccc(-c4ccccc4)cc3)c3ccc(-c4ccccc4)cc3)cc2-c2nc(-c3ccccc3)nc(-c3ccccc3)n2)OC1(C)C. The summed E-state index contributed by atoms with van der Waals surface area (Å²) in [5.74, 6) is 1.69. The van der Waals surface area contributed by atoms with Gasteiger partial charge in [0.15, 0.2) is 17.5 Å². The van der Waals surface area contributed by atoms with E-state index < -0.39 is 18.3 Å². The quantitative estimate of drug-likeness (QED) is 0.137. The first-order chi connectivity index (χ1) is 28.2. The zero-order valence-electron chi connectivity index (χ0n) is 33.1. The largest absolute Gasteiger partial charge is 0.495 e. The van der Waals surface area contributed by atoms with Crippen LogP contribution in [0.5, 0.6) is 0 Å². The molecule has 2 heterocycles. The average molecular weight is 755 g/mol. The third kappa shape index (κ3) is 7.34. The minimum Gasteiger partial charge on any atom is -0.399 e. The van der Waals surface area contributed by atoms with E-state index >= 15 is 0 Å². The van der Waals surface area contributed by atoms with Gasteiger partial charge < -0.3 is 14.2 Å². The van der Waals surface area contributed by atoms with Crippen molar-refractivity contribution in [3.63, 3.8) is 0 Å². The minimum absolute atomic E-state index is 0.526. The predicted molar refractivity (Wildman–Crippen MR) is 237 cm³/mol. The van der Waals surface area contributed by atoms with E-state index in [4.69, 9.17) is 24.3 Å². The van der Waals surface area contributed by atoms with Crippen LogP contribution in [0.15, 0.2) is 188 Å². The second kappa shape index (κ2) is 15.4. The van der Waals surface area contributed by atoms with Gasteiger partial charge in [-0.25, -0.2) is 15.0 Å². The van der Waals surface area contributed by atoms with Crippen LogP contribution in [0.1, 0.15) is 27.7 Å². The molecule has 0 aliphatic carbocycles. The zero-order chi connectivity index (χ0) is 39.7. The van der Waals surface area contributed by atoms with Gasteiger partial charge in [0.1, 0.15) is 0 Å². The van der Waals surface area contributed by atoms with Crippen LogP contribution in [0, 0.1) is 0 Å². The summed E-state index contributed by atoms with van der Waals surface area (Å²) in [5, 5.41) is 0. The zero-order valence-corrected chi connectivity index (χ0v) is 33.1. The van der Waals surface area contributed by atoms with Crippen molar-refractivity contribution in [3.05, 3.63) is 188 Å². The number of benzene rings is 7. The molecule has 1 aromatic heterocycles. The van der Waals surface area contributed by atoms with Gasteiger partial charge in [0, 0.05) is 33.8 Å². The van der Waals surface area contributed by atoms with Gasteiger partial charge in [-0.1, -0.05) is 152 Å². The van der Waals surface area contributed by atoms with E-state index in [1.54, 1.807) is 0 Å². The Morgan fingerprint density at radius 3 is 1.14 bits per heavy atom. The van der Waals surface area contributed by atoms with Gasteiger partial charge in [0.25, 0.3) is 0 Å². The van der Waals surface area contributed by atoms with Crippen molar-refractivity contribution in [2.24, 2.45) is 0 Å². The second-order valence-electron chi connectivity index (χ2n) is 15.6. The molecular formula is C51H43BN4O2. The molecule has 0 saturated carbocycles. The molecule has 7 heteroatoms. The highest BCUT2D eigenvalue weighted by Gasteiger charge is 2.52. The molecule has 0 radical (unpaired) electrons.